The lowest BCUT2D eigenvalue weighted by Crippen LogP contribution is -2.29. The van der Waals surface area contributed by atoms with Gasteiger partial charge in [-0.25, -0.2) is 0 Å². The molecule has 0 bridgehead atoms. The standard InChI is InChI=1S/C17H20ClNO/c1-13(8-9-18)12-19-17(20)11-14-6-7-15-4-2-3-5-16(15)10-14/h2-7,10,13H,8-9,11-12H2,1H3,(H,19,20). The van der Waals surface area contributed by atoms with Crippen molar-refractivity contribution >= 4 is 28.3 Å². The molecule has 3 heteroatoms. The van der Waals surface area contributed by atoms with Crippen molar-refractivity contribution in [2.24, 2.45) is 5.92 Å². The van der Waals surface area contributed by atoms with Gasteiger partial charge in [-0.1, -0.05) is 49.4 Å². The van der Waals surface area contributed by atoms with Crippen LogP contribution in [0.25, 0.3) is 10.8 Å². The molecule has 20 heavy (non-hydrogen) atoms. The lowest BCUT2D eigenvalue weighted by molar-refractivity contribution is -0.120. The first kappa shape index (κ1) is 14.9. The molecule has 0 radical (unpaired) electrons. The van der Waals surface area contributed by atoms with Crippen molar-refractivity contribution in [3.63, 3.8) is 0 Å². The fourth-order valence-electron chi connectivity index (χ4n) is 2.17. The van der Waals surface area contributed by atoms with Gasteiger partial charge in [0.05, 0.1) is 6.42 Å². The van der Waals surface area contributed by atoms with E-state index in [1.165, 1.54) is 10.8 Å². The van der Waals surface area contributed by atoms with Gasteiger partial charge in [-0.3, -0.25) is 4.79 Å². The molecule has 0 aliphatic heterocycles. The Bertz CT molecular complexity index is 582. The van der Waals surface area contributed by atoms with Gasteiger partial charge in [-0.15, -0.1) is 11.6 Å². The quantitative estimate of drug-likeness (QED) is 0.806. The first-order valence-corrected chi connectivity index (χ1v) is 7.53. The molecule has 0 fully saturated rings. The third-order valence-electron chi connectivity index (χ3n) is 3.43. The second-order valence-corrected chi connectivity index (χ2v) is 5.62. The summed E-state index contributed by atoms with van der Waals surface area (Å²) in [4.78, 5) is 11.9. The van der Waals surface area contributed by atoms with Crippen molar-refractivity contribution < 1.29 is 4.79 Å². The van der Waals surface area contributed by atoms with Crippen LogP contribution >= 0.6 is 11.6 Å². The molecule has 0 saturated heterocycles. The number of alkyl halides is 1. The average Bonchev–Trinajstić information content (AvgIpc) is 2.45. The highest BCUT2D eigenvalue weighted by Crippen LogP contribution is 2.15. The maximum Gasteiger partial charge on any atom is 0.224 e. The predicted molar refractivity (Wildman–Crippen MR) is 85.2 cm³/mol. The fourth-order valence-corrected chi connectivity index (χ4v) is 2.55. The van der Waals surface area contributed by atoms with Gasteiger partial charge in [0.25, 0.3) is 0 Å². The van der Waals surface area contributed by atoms with E-state index < -0.39 is 0 Å². The molecule has 106 valence electrons. The molecule has 2 aromatic rings. The zero-order chi connectivity index (χ0) is 14.4. The van der Waals surface area contributed by atoms with Crippen LogP contribution in [0.1, 0.15) is 18.9 Å². The molecule has 0 spiro atoms. The highest BCUT2D eigenvalue weighted by Gasteiger charge is 2.06. The van der Waals surface area contributed by atoms with Crippen molar-refractivity contribution in [1.82, 2.24) is 5.32 Å². The van der Waals surface area contributed by atoms with Gasteiger partial charge in [0.2, 0.25) is 5.91 Å². The minimum Gasteiger partial charge on any atom is -0.356 e. The van der Waals surface area contributed by atoms with E-state index in [0.29, 0.717) is 24.8 Å². The zero-order valence-electron chi connectivity index (χ0n) is 11.7. The maximum atomic E-state index is 11.9. The Morgan fingerprint density at radius 2 is 1.95 bits per heavy atom. The second-order valence-electron chi connectivity index (χ2n) is 5.25. The highest BCUT2D eigenvalue weighted by atomic mass is 35.5. The summed E-state index contributed by atoms with van der Waals surface area (Å²) in [5.41, 5.74) is 1.05. The molecule has 0 saturated carbocycles. The van der Waals surface area contributed by atoms with Crippen LogP contribution in [0.5, 0.6) is 0 Å². The van der Waals surface area contributed by atoms with Gasteiger partial charge in [-0.05, 0) is 28.7 Å². The summed E-state index contributed by atoms with van der Waals surface area (Å²) >= 11 is 5.68. The van der Waals surface area contributed by atoms with Crippen LogP contribution in [0.2, 0.25) is 0 Å². The SMILES string of the molecule is CC(CCCl)CNC(=O)Cc1ccc2ccccc2c1. The number of rotatable bonds is 6. The Hall–Kier alpha value is -1.54. The smallest absolute Gasteiger partial charge is 0.224 e. The van der Waals surface area contributed by atoms with Crippen molar-refractivity contribution in [3.05, 3.63) is 48.0 Å². The first-order valence-electron chi connectivity index (χ1n) is 6.99. The van der Waals surface area contributed by atoms with Crippen LogP contribution < -0.4 is 5.32 Å². The Morgan fingerprint density at radius 3 is 2.70 bits per heavy atom. The fraction of sp³-hybridized carbons (Fsp3) is 0.353. The summed E-state index contributed by atoms with van der Waals surface area (Å²) in [6.07, 6.45) is 1.36. The van der Waals surface area contributed by atoms with E-state index >= 15 is 0 Å². The molecule has 1 N–H and O–H groups in total. The number of carbonyl (C=O) groups is 1. The van der Waals surface area contributed by atoms with E-state index in [2.05, 4.69) is 36.5 Å². The third kappa shape index (κ3) is 4.24. The van der Waals surface area contributed by atoms with Crippen LogP contribution in [0.3, 0.4) is 0 Å². The average molecular weight is 290 g/mol. The van der Waals surface area contributed by atoms with Crippen LogP contribution in [-0.4, -0.2) is 18.3 Å². The number of amides is 1. The van der Waals surface area contributed by atoms with Gasteiger partial charge in [-0.2, -0.15) is 0 Å². The number of fused-ring (bicyclic) bond motifs is 1. The van der Waals surface area contributed by atoms with E-state index in [4.69, 9.17) is 11.6 Å². The topological polar surface area (TPSA) is 29.1 Å². The number of nitrogens with one attached hydrogen (secondary N) is 1. The number of benzene rings is 2. The molecule has 0 aliphatic rings. The van der Waals surface area contributed by atoms with E-state index in [1.54, 1.807) is 0 Å². The summed E-state index contributed by atoms with van der Waals surface area (Å²) in [6.45, 7) is 2.79. The predicted octanol–water partition coefficient (Wildman–Crippen LogP) is 3.76. The van der Waals surface area contributed by atoms with Crippen LogP contribution in [0, 0.1) is 5.92 Å². The van der Waals surface area contributed by atoms with Gasteiger partial charge >= 0.3 is 0 Å². The lowest BCUT2D eigenvalue weighted by Gasteiger charge is -2.11. The van der Waals surface area contributed by atoms with Crippen molar-refractivity contribution in [2.75, 3.05) is 12.4 Å². The van der Waals surface area contributed by atoms with E-state index in [-0.39, 0.29) is 5.91 Å². The number of hydrogen-bond donors (Lipinski definition) is 1. The largest absolute Gasteiger partial charge is 0.356 e. The number of halogens is 1. The molecule has 1 atom stereocenters. The van der Waals surface area contributed by atoms with Crippen LogP contribution in [-0.2, 0) is 11.2 Å². The monoisotopic (exact) mass is 289 g/mol. The Kier molecular flexibility index (Phi) is 5.42. The van der Waals surface area contributed by atoms with E-state index in [9.17, 15) is 4.79 Å². The number of hydrogen-bond acceptors (Lipinski definition) is 1. The summed E-state index contributed by atoms with van der Waals surface area (Å²) < 4.78 is 0. The minimum absolute atomic E-state index is 0.0710. The number of carbonyl (C=O) groups excluding carboxylic acids is 1. The molecule has 2 rings (SSSR count). The maximum absolute atomic E-state index is 11.9. The highest BCUT2D eigenvalue weighted by molar-refractivity contribution is 6.17. The molecule has 1 amide bonds. The second kappa shape index (κ2) is 7.30. The lowest BCUT2D eigenvalue weighted by atomic mass is 10.0. The van der Waals surface area contributed by atoms with Gasteiger partial charge in [0.1, 0.15) is 0 Å². The van der Waals surface area contributed by atoms with Gasteiger partial charge < -0.3 is 5.32 Å². The third-order valence-corrected chi connectivity index (χ3v) is 3.65. The Labute approximate surface area is 125 Å². The Balaban J connectivity index is 1.92. The molecule has 2 aromatic carbocycles. The van der Waals surface area contributed by atoms with Gasteiger partial charge in [0, 0.05) is 12.4 Å². The molecular formula is C17H20ClNO. The zero-order valence-corrected chi connectivity index (χ0v) is 12.5. The summed E-state index contributed by atoms with van der Waals surface area (Å²) in [7, 11) is 0. The van der Waals surface area contributed by atoms with Gasteiger partial charge in [0.15, 0.2) is 0 Å². The molecule has 1 unspecified atom stereocenters. The van der Waals surface area contributed by atoms with E-state index in [0.717, 1.165) is 12.0 Å². The van der Waals surface area contributed by atoms with Crippen molar-refractivity contribution in [3.8, 4) is 0 Å². The summed E-state index contributed by atoms with van der Waals surface area (Å²) in [6, 6.07) is 14.3. The van der Waals surface area contributed by atoms with Crippen molar-refractivity contribution in [2.45, 2.75) is 19.8 Å². The molecule has 0 aliphatic carbocycles. The van der Waals surface area contributed by atoms with Crippen molar-refractivity contribution in [1.29, 1.82) is 0 Å². The first-order chi connectivity index (χ1) is 9.69. The van der Waals surface area contributed by atoms with Crippen LogP contribution in [0.4, 0.5) is 0 Å². The molecule has 2 nitrogen and oxygen atoms in total. The normalized spacial score (nSPS) is 12.3. The molecule has 0 aromatic heterocycles. The molecular weight excluding hydrogens is 270 g/mol. The van der Waals surface area contributed by atoms with Crippen LogP contribution in [0.15, 0.2) is 42.5 Å². The minimum atomic E-state index is 0.0710. The Morgan fingerprint density at radius 1 is 1.20 bits per heavy atom. The summed E-state index contributed by atoms with van der Waals surface area (Å²) in [5, 5.41) is 5.34. The molecule has 0 heterocycles. The summed E-state index contributed by atoms with van der Waals surface area (Å²) in [5.74, 6) is 1.14. The van der Waals surface area contributed by atoms with E-state index in [1.807, 2.05) is 18.2 Å².